The molecular weight excluding hydrogens is 406 g/mol. The Morgan fingerprint density at radius 2 is 1.91 bits per heavy atom. The van der Waals surface area contributed by atoms with Crippen LogP contribution in [0.25, 0.3) is 0 Å². The molecule has 1 aromatic carbocycles. The molecule has 1 aliphatic heterocycles. The molecule has 2 heterocycles. The van der Waals surface area contributed by atoms with E-state index in [4.69, 9.17) is 0 Å². The maximum absolute atomic E-state index is 13.3. The zero-order valence-corrected chi connectivity index (χ0v) is 18.8. The Bertz CT molecular complexity index is 996. The lowest BCUT2D eigenvalue weighted by Gasteiger charge is -2.43. The highest BCUT2D eigenvalue weighted by Gasteiger charge is 2.48. The summed E-state index contributed by atoms with van der Waals surface area (Å²) in [6.07, 6.45) is 4.91. The molecule has 0 spiro atoms. The molecule has 1 fully saturated rings. The first-order valence-corrected chi connectivity index (χ1v) is 11.5. The van der Waals surface area contributed by atoms with Crippen LogP contribution in [0.15, 0.2) is 36.4 Å². The van der Waals surface area contributed by atoms with Crippen molar-refractivity contribution in [3.8, 4) is 0 Å². The number of rotatable bonds is 7. The Morgan fingerprint density at radius 3 is 2.59 bits per heavy atom. The minimum Gasteiger partial charge on any atom is -0.351 e. The van der Waals surface area contributed by atoms with Crippen molar-refractivity contribution in [1.82, 2.24) is 25.3 Å². The highest BCUT2D eigenvalue weighted by atomic mass is 16.2. The molecule has 4 rings (SSSR count). The number of carbonyl (C=O) groups excluding carboxylic acids is 3. The fourth-order valence-electron chi connectivity index (χ4n) is 4.61. The van der Waals surface area contributed by atoms with Crippen molar-refractivity contribution in [2.75, 3.05) is 6.54 Å². The molecule has 8 nitrogen and oxygen atoms in total. The van der Waals surface area contributed by atoms with Crippen molar-refractivity contribution in [3.05, 3.63) is 53.3 Å². The van der Waals surface area contributed by atoms with E-state index in [9.17, 15) is 14.4 Å². The van der Waals surface area contributed by atoms with Gasteiger partial charge in [-0.3, -0.25) is 19.1 Å². The van der Waals surface area contributed by atoms with E-state index in [0.717, 1.165) is 37.7 Å². The SMILES string of the molecule is CCCN1C(=O)c2cc(C(=O)NCc3ccccc3)nn2CC1(C)C(=O)NC1CCCC1. The summed E-state index contributed by atoms with van der Waals surface area (Å²) in [5, 5.41) is 10.4. The van der Waals surface area contributed by atoms with E-state index in [0.29, 0.717) is 18.8 Å². The smallest absolute Gasteiger partial charge is 0.273 e. The van der Waals surface area contributed by atoms with Crippen LogP contribution in [-0.2, 0) is 17.9 Å². The Morgan fingerprint density at radius 1 is 1.19 bits per heavy atom. The maximum Gasteiger partial charge on any atom is 0.273 e. The third kappa shape index (κ3) is 4.26. The van der Waals surface area contributed by atoms with Crippen molar-refractivity contribution >= 4 is 17.7 Å². The predicted molar refractivity (Wildman–Crippen MR) is 120 cm³/mol. The summed E-state index contributed by atoms with van der Waals surface area (Å²) in [5.74, 6) is -0.762. The molecule has 1 atom stereocenters. The van der Waals surface area contributed by atoms with E-state index in [1.165, 1.54) is 10.7 Å². The highest BCUT2D eigenvalue weighted by Crippen LogP contribution is 2.29. The van der Waals surface area contributed by atoms with Crippen LogP contribution < -0.4 is 10.6 Å². The fourth-order valence-corrected chi connectivity index (χ4v) is 4.61. The molecular formula is C24H31N5O3. The van der Waals surface area contributed by atoms with Gasteiger partial charge in [0.25, 0.3) is 11.8 Å². The first-order valence-electron chi connectivity index (χ1n) is 11.5. The number of hydrogen-bond acceptors (Lipinski definition) is 4. The zero-order valence-electron chi connectivity index (χ0n) is 18.8. The van der Waals surface area contributed by atoms with Crippen LogP contribution >= 0.6 is 0 Å². The van der Waals surface area contributed by atoms with Gasteiger partial charge in [-0.2, -0.15) is 5.10 Å². The summed E-state index contributed by atoms with van der Waals surface area (Å²) in [7, 11) is 0. The van der Waals surface area contributed by atoms with Crippen LogP contribution in [0.1, 0.15) is 72.5 Å². The van der Waals surface area contributed by atoms with E-state index in [2.05, 4.69) is 15.7 Å². The minimum atomic E-state index is -1.05. The number of aromatic nitrogens is 2. The molecule has 2 aromatic rings. The van der Waals surface area contributed by atoms with Crippen molar-refractivity contribution < 1.29 is 14.4 Å². The normalized spacial score (nSPS) is 20.8. The Balaban J connectivity index is 1.54. The van der Waals surface area contributed by atoms with E-state index in [1.807, 2.05) is 37.3 Å². The van der Waals surface area contributed by atoms with Crippen LogP contribution in [-0.4, -0.2) is 50.5 Å². The van der Waals surface area contributed by atoms with Crippen molar-refractivity contribution in [2.24, 2.45) is 0 Å². The third-order valence-electron chi connectivity index (χ3n) is 6.45. The second kappa shape index (κ2) is 9.14. The van der Waals surface area contributed by atoms with Crippen LogP contribution in [0.4, 0.5) is 0 Å². The first kappa shape index (κ1) is 22.0. The number of fused-ring (bicyclic) bond motifs is 1. The average Bonchev–Trinajstić information content (AvgIpc) is 3.45. The quantitative estimate of drug-likeness (QED) is 0.696. The Kier molecular flexibility index (Phi) is 6.30. The number of amides is 3. The lowest BCUT2D eigenvalue weighted by molar-refractivity contribution is -0.133. The maximum atomic E-state index is 13.3. The molecule has 8 heteroatoms. The molecule has 0 saturated heterocycles. The second-order valence-corrected chi connectivity index (χ2v) is 8.93. The summed E-state index contributed by atoms with van der Waals surface area (Å²) < 4.78 is 1.51. The number of benzene rings is 1. The van der Waals surface area contributed by atoms with Gasteiger partial charge in [0.05, 0.1) is 6.54 Å². The van der Waals surface area contributed by atoms with Crippen LogP contribution in [0.5, 0.6) is 0 Å². The van der Waals surface area contributed by atoms with Gasteiger partial charge in [-0.05, 0) is 31.7 Å². The third-order valence-corrected chi connectivity index (χ3v) is 6.45. The van der Waals surface area contributed by atoms with Gasteiger partial charge in [0.2, 0.25) is 5.91 Å². The molecule has 1 saturated carbocycles. The van der Waals surface area contributed by atoms with Crippen molar-refractivity contribution in [1.29, 1.82) is 0 Å². The van der Waals surface area contributed by atoms with Gasteiger partial charge in [-0.1, -0.05) is 50.1 Å². The van der Waals surface area contributed by atoms with Gasteiger partial charge in [-0.25, -0.2) is 0 Å². The van der Waals surface area contributed by atoms with Gasteiger partial charge in [0, 0.05) is 25.2 Å². The lowest BCUT2D eigenvalue weighted by atomic mass is 9.94. The number of nitrogens with zero attached hydrogens (tertiary/aromatic N) is 3. The molecule has 32 heavy (non-hydrogen) atoms. The van der Waals surface area contributed by atoms with Gasteiger partial charge >= 0.3 is 0 Å². The topological polar surface area (TPSA) is 96.3 Å². The Hall–Kier alpha value is -3.16. The monoisotopic (exact) mass is 437 g/mol. The molecule has 2 N–H and O–H groups in total. The number of carbonyl (C=O) groups is 3. The minimum absolute atomic E-state index is 0.151. The largest absolute Gasteiger partial charge is 0.351 e. The van der Waals surface area contributed by atoms with Gasteiger partial charge < -0.3 is 15.5 Å². The predicted octanol–water partition coefficient (Wildman–Crippen LogP) is 2.50. The lowest BCUT2D eigenvalue weighted by Crippen LogP contribution is -2.65. The molecule has 1 unspecified atom stereocenters. The summed E-state index contributed by atoms with van der Waals surface area (Å²) in [4.78, 5) is 40.9. The summed E-state index contributed by atoms with van der Waals surface area (Å²) in [5.41, 5.74) is 0.453. The molecule has 1 aliphatic carbocycles. The zero-order chi connectivity index (χ0) is 22.7. The van der Waals surface area contributed by atoms with Crippen LogP contribution in [0.2, 0.25) is 0 Å². The van der Waals surface area contributed by atoms with E-state index >= 15 is 0 Å². The number of hydrogen-bond donors (Lipinski definition) is 2. The van der Waals surface area contributed by atoms with Crippen LogP contribution in [0, 0.1) is 0 Å². The average molecular weight is 438 g/mol. The van der Waals surface area contributed by atoms with Gasteiger partial charge in [0.15, 0.2) is 5.69 Å². The molecule has 0 bridgehead atoms. The molecule has 0 radical (unpaired) electrons. The van der Waals surface area contributed by atoms with E-state index in [1.54, 1.807) is 11.8 Å². The highest BCUT2D eigenvalue weighted by molar-refractivity contribution is 6.01. The van der Waals surface area contributed by atoms with Gasteiger partial charge in [0.1, 0.15) is 11.2 Å². The standard InChI is InChI=1S/C24H31N5O3/c1-3-13-28-22(31)20-14-19(21(30)25-15-17-9-5-4-6-10-17)27-29(20)16-24(28,2)23(32)26-18-11-7-8-12-18/h4-6,9-10,14,18H,3,7-8,11-13,15-16H2,1-2H3,(H,25,30)(H,26,32). The summed E-state index contributed by atoms with van der Waals surface area (Å²) >= 11 is 0. The van der Waals surface area contributed by atoms with Crippen molar-refractivity contribution in [3.63, 3.8) is 0 Å². The summed E-state index contributed by atoms with van der Waals surface area (Å²) in [6, 6.07) is 11.3. The Labute approximate surface area is 188 Å². The second-order valence-electron chi connectivity index (χ2n) is 8.93. The van der Waals surface area contributed by atoms with E-state index in [-0.39, 0.29) is 36.0 Å². The van der Waals surface area contributed by atoms with E-state index < -0.39 is 5.54 Å². The molecule has 3 amide bonds. The molecule has 2 aliphatic rings. The molecule has 1 aromatic heterocycles. The summed E-state index contributed by atoms with van der Waals surface area (Å²) in [6.45, 7) is 4.84. The van der Waals surface area contributed by atoms with Crippen molar-refractivity contribution in [2.45, 2.75) is 70.6 Å². The molecule has 170 valence electrons. The number of nitrogens with one attached hydrogen (secondary N) is 2. The fraction of sp³-hybridized carbons (Fsp3) is 0.500. The van der Waals surface area contributed by atoms with Crippen LogP contribution in [0.3, 0.4) is 0 Å². The van der Waals surface area contributed by atoms with Gasteiger partial charge in [-0.15, -0.1) is 0 Å². The first-order chi connectivity index (χ1) is 15.4.